The third-order valence-electron chi connectivity index (χ3n) is 6.19. The fraction of sp³-hybridized carbons (Fsp3) is 0.850. The minimum Gasteiger partial charge on any atom is -0.338 e. The highest BCUT2D eigenvalue weighted by Crippen LogP contribution is 2.18. The van der Waals surface area contributed by atoms with E-state index in [4.69, 9.17) is 0 Å². The van der Waals surface area contributed by atoms with Gasteiger partial charge in [-0.05, 0) is 25.7 Å². The molecule has 3 fully saturated rings. The van der Waals surface area contributed by atoms with Crippen LogP contribution >= 0.6 is 0 Å². The molecule has 1 saturated heterocycles. The Morgan fingerprint density at radius 3 is 1.75 bits per heavy atom. The van der Waals surface area contributed by atoms with Gasteiger partial charge in [0.05, 0.1) is 6.54 Å². The number of piperazine rings is 1. The smallest absolute Gasteiger partial charge is 0.317 e. The molecular weight excluding hydrogens is 358 g/mol. The molecule has 2 aliphatic carbocycles. The van der Waals surface area contributed by atoms with Gasteiger partial charge < -0.3 is 25.8 Å². The molecule has 1 aliphatic heterocycles. The summed E-state index contributed by atoms with van der Waals surface area (Å²) < 4.78 is 0. The summed E-state index contributed by atoms with van der Waals surface area (Å²) in [6.07, 6.45) is 11.4. The van der Waals surface area contributed by atoms with E-state index in [1.807, 2.05) is 0 Å². The Balaban J connectivity index is 1.31. The molecule has 0 radical (unpaired) electrons. The highest BCUT2D eigenvalue weighted by Gasteiger charge is 2.26. The second-order valence-electron chi connectivity index (χ2n) is 8.31. The largest absolute Gasteiger partial charge is 0.338 e. The van der Waals surface area contributed by atoms with Gasteiger partial charge in [-0.1, -0.05) is 38.5 Å². The molecule has 1 heterocycles. The second kappa shape index (κ2) is 10.5. The Hall–Kier alpha value is -1.99. The van der Waals surface area contributed by atoms with Gasteiger partial charge in [0, 0.05) is 38.3 Å². The van der Waals surface area contributed by atoms with Crippen molar-refractivity contribution >= 4 is 18.0 Å². The van der Waals surface area contributed by atoms with Crippen LogP contribution in [0.1, 0.15) is 64.2 Å². The van der Waals surface area contributed by atoms with Gasteiger partial charge in [0.15, 0.2) is 0 Å². The molecule has 8 heteroatoms. The number of amides is 5. The summed E-state index contributed by atoms with van der Waals surface area (Å²) in [5.41, 5.74) is 0. The lowest BCUT2D eigenvalue weighted by Gasteiger charge is -2.36. The summed E-state index contributed by atoms with van der Waals surface area (Å²) in [6.45, 7) is 2.12. The van der Waals surface area contributed by atoms with E-state index < -0.39 is 0 Å². The lowest BCUT2D eigenvalue weighted by Crippen LogP contribution is -2.56. The molecule has 8 nitrogen and oxygen atoms in total. The lowest BCUT2D eigenvalue weighted by atomic mass is 9.96. The molecule has 0 bridgehead atoms. The van der Waals surface area contributed by atoms with Crippen LogP contribution in [0.2, 0.25) is 0 Å². The fourth-order valence-electron chi connectivity index (χ4n) is 4.42. The highest BCUT2D eigenvalue weighted by atomic mass is 16.2. The van der Waals surface area contributed by atoms with Crippen LogP contribution in [0.15, 0.2) is 0 Å². The zero-order valence-corrected chi connectivity index (χ0v) is 16.9. The summed E-state index contributed by atoms with van der Waals surface area (Å²) >= 11 is 0. The summed E-state index contributed by atoms with van der Waals surface area (Å²) in [4.78, 5) is 40.2. The standard InChI is InChI=1S/C20H35N5O3/c26-18(15-21-19(27)22-16-7-3-1-4-8-16)24-11-13-25(14-12-24)20(28)23-17-9-5-2-6-10-17/h16-17H,1-15H2,(H,23,28)(H2,21,22,27). The molecule has 2 saturated carbocycles. The van der Waals surface area contributed by atoms with Gasteiger partial charge in [-0.15, -0.1) is 0 Å². The van der Waals surface area contributed by atoms with Crippen molar-refractivity contribution in [3.63, 3.8) is 0 Å². The zero-order valence-electron chi connectivity index (χ0n) is 16.9. The van der Waals surface area contributed by atoms with E-state index in [1.54, 1.807) is 9.80 Å². The quantitative estimate of drug-likeness (QED) is 0.680. The van der Waals surface area contributed by atoms with Crippen LogP contribution in [-0.2, 0) is 4.79 Å². The molecule has 3 N–H and O–H groups in total. The van der Waals surface area contributed by atoms with E-state index in [-0.39, 0.29) is 30.6 Å². The predicted molar refractivity (Wildman–Crippen MR) is 107 cm³/mol. The number of carbonyl (C=O) groups is 3. The van der Waals surface area contributed by atoms with Gasteiger partial charge in [-0.25, -0.2) is 9.59 Å². The van der Waals surface area contributed by atoms with Gasteiger partial charge in [0.25, 0.3) is 0 Å². The Kier molecular flexibility index (Phi) is 7.80. The minimum absolute atomic E-state index is 0.00677. The predicted octanol–water partition coefficient (Wildman–Crippen LogP) is 1.80. The molecule has 158 valence electrons. The number of rotatable bonds is 4. The molecular formula is C20H35N5O3. The lowest BCUT2D eigenvalue weighted by molar-refractivity contribution is -0.131. The first-order valence-electron chi connectivity index (χ1n) is 11.0. The van der Waals surface area contributed by atoms with Crippen molar-refractivity contribution in [2.24, 2.45) is 0 Å². The van der Waals surface area contributed by atoms with E-state index in [0.29, 0.717) is 32.2 Å². The third-order valence-corrected chi connectivity index (χ3v) is 6.19. The van der Waals surface area contributed by atoms with Crippen LogP contribution in [0.25, 0.3) is 0 Å². The van der Waals surface area contributed by atoms with E-state index in [2.05, 4.69) is 16.0 Å². The first-order chi connectivity index (χ1) is 13.6. The van der Waals surface area contributed by atoms with Crippen LogP contribution in [0.5, 0.6) is 0 Å². The monoisotopic (exact) mass is 393 g/mol. The molecule has 0 aromatic rings. The molecule has 0 unspecified atom stereocenters. The van der Waals surface area contributed by atoms with Crippen molar-refractivity contribution in [1.29, 1.82) is 0 Å². The highest BCUT2D eigenvalue weighted by molar-refractivity contribution is 5.84. The topological polar surface area (TPSA) is 93.8 Å². The molecule has 28 heavy (non-hydrogen) atoms. The molecule has 0 atom stereocenters. The number of nitrogens with one attached hydrogen (secondary N) is 3. The van der Waals surface area contributed by atoms with Crippen LogP contribution in [0.3, 0.4) is 0 Å². The van der Waals surface area contributed by atoms with Gasteiger partial charge in [-0.2, -0.15) is 0 Å². The molecule has 0 spiro atoms. The van der Waals surface area contributed by atoms with Crippen LogP contribution in [0.4, 0.5) is 9.59 Å². The number of hydrogen-bond donors (Lipinski definition) is 3. The van der Waals surface area contributed by atoms with E-state index in [0.717, 1.165) is 38.5 Å². The molecule has 3 rings (SSSR count). The van der Waals surface area contributed by atoms with E-state index >= 15 is 0 Å². The second-order valence-corrected chi connectivity index (χ2v) is 8.31. The maximum Gasteiger partial charge on any atom is 0.317 e. The molecule has 3 aliphatic rings. The van der Waals surface area contributed by atoms with Crippen LogP contribution in [-0.4, -0.2) is 72.6 Å². The van der Waals surface area contributed by atoms with Gasteiger partial charge in [0.2, 0.25) is 5.91 Å². The first kappa shape index (κ1) is 20.7. The van der Waals surface area contributed by atoms with Crippen molar-refractivity contribution in [2.45, 2.75) is 76.3 Å². The summed E-state index contributed by atoms with van der Waals surface area (Å²) in [6, 6.07) is 0.262. The van der Waals surface area contributed by atoms with Gasteiger partial charge in [0.1, 0.15) is 0 Å². The molecule has 0 aromatic heterocycles. The Bertz CT molecular complexity index is 536. The Labute approximate surface area is 167 Å². The van der Waals surface area contributed by atoms with Crippen molar-refractivity contribution in [2.75, 3.05) is 32.7 Å². The van der Waals surface area contributed by atoms with Gasteiger partial charge in [-0.3, -0.25) is 4.79 Å². The van der Waals surface area contributed by atoms with Crippen LogP contribution in [0, 0.1) is 0 Å². The van der Waals surface area contributed by atoms with Crippen molar-refractivity contribution < 1.29 is 14.4 Å². The normalized spacial score (nSPS) is 21.9. The van der Waals surface area contributed by atoms with Gasteiger partial charge >= 0.3 is 12.1 Å². The van der Waals surface area contributed by atoms with Crippen molar-refractivity contribution in [3.05, 3.63) is 0 Å². The number of carbonyl (C=O) groups excluding carboxylic acids is 3. The SMILES string of the molecule is O=C(NCC(=O)N1CCN(C(=O)NC2CCCCC2)CC1)NC1CCCCC1. The van der Waals surface area contributed by atoms with E-state index in [9.17, 15) is 14.4 Å². The average Bonchev–Trinajstić information content (AvgIpc) is 2.73. The molecule has 5 amide bonds. The maximum absolute atomic E-state index is 12.4. The fourth-order valence-corrected chi connectivity index (χ4v) is 4.42. The number of nitrogens with zero attached hydrogens (tertiary/aromatic N) is 2. The maximum atomic E-state index is 12.4. The number of hydrogen-bond acceptors (Lipinski definition) is 3. The summed E-state index contributed by atoms with van der Waals surface area (Å²) in [5.74, 6) is -0.0915. The first-order valence-corrected chi connectivity index (χ1v) is 11.0. The average molecular weight is 394 g/mol. The summed E-state index contributed by atoms with van der Waals surface area (Å²) in [7, 11) is 0. The van der Waals surface area contributed by atoms with Crippen molar-refractivity contribution in [1.82, 2.24) is 25.8 Å². The van der Waals surface area contributed by atoms with E-state index in [1.165, 1.54) is 25.7 Å². The Morgan fingerprint density at radius 1 is 0.679 bits per heavy atom. The third kappa shape index (κ3) is 6.27. The zero-order chi connectivity index (χ0) is 19.8. The minimum atomic E-state index is -0.259. The number of urea groups is 2. The Morgan fingerprint density at radius 2 is 1.18 bits per heavy atom. The molecule has 0 aromatic carbocycles. The van der Waals surface area contributed by atoms with Crippen LogP contribution < -0.4 is 16.0 Å². The van der Waals surface area contributed by atoms with Crippen molar-refractivity contribution in [3.8, 4) is 0 Å². The summed E-state index contributed by atoms with van der Waals surface area (Å²) in [5, 5.41) is 8.77.